The first-order valence-electron chi connectivity index (χ1n) is 5.21. The van der Waals surface area contributed by atoms with E-state index in [1.54, 1.807) is 24.3 Å². The quantitative estimate of drug-likeness (QED) is 0.375. The van der Waals surface area contributed by atoms with E-state index in [1.807, 2.05) is 0 Å². The molecule has 0 aliphatic heterocycles. The van der Waals surface area contributed by atoms with Gasteiger partial charge in [-0.1, -0.05) is 33.2 Å². The molecule has 1 unspecified atom stereocenters. The SMILES string of the molecule is N/C(=N/O)C(COCc1ccc(Br)cc1)C(F)(F)F. The van der Waals surface area contributed by atoms with E-state index in [4.69, 9.17) is 15.7 Å². The number of rotatable bonds is 5. The molecule has 8 heteroatoms. The van der Waals surface area contributed by atoms with Gasteiger partial charge in [0, 0.05) is 4.47 Å². The molecule has 0 spiro atoms. The van der Waals surface area contributed by atoms with E-state index >= 15 is 0 Å². The zero-order valence-corrected chi connectivity index (χ0v) is 11.3. The predicted molar refractivity (Wildman–Crippen MR) is 66.8 cm³/mol. The Kier molecular flexibility index (Phi) is 5.61. The molecule has 19 heavy (non-hydrogen) atoms. The lowest BCUT2D eigenvalue weighted by Crippen LogP contribution is -2.39. The Bertz CT molecular complexity index is 435. The normalized spacial score (nSPS) is 14.4. The van der Waals surface area contributed by atoms with Crippen LogP contribution in [-0.2, 0) is 11.3 Å². The van der Waals surface area contributed by atoms with E-state index in [9.17, 15) is 13.2 Å². The van der Waals surface area contributed by atoms with Gasteiger partial charge in [0.15, 0.2) is 5.84 Å². The number of ether oxygens (including phenoxy) is 1. The number of alkyl halides is 3. The summed E-state index contributed by atoms with van der Waals surface area (Å²) >= 11 is 3.24. The number of nitrogens with zero attached hydrogens (tertiary/aromatic N) is 1. The summed E-state index contributed by atoms with van der Waals surface area (Å²) in [6, 6.07) is 6.94. The largest absolute Gasteiger partial charge is 0.409 e. The van der Waals surface area contributed by atoms with Crippen LogP contribution in [-0.4, -0.2) is 23.8 Å². The van der Waals surface area contributed by atoms with Crippen molar-refractivity contribution >= 4 is 21.8 Å². The predicted octanol–water partition coefficient (Wildman–Crippen LogP) is 2.89. The van der Waals surface area contributed by atoms with Gasteiger partial charge in [-0.15, -0.1) is 0 Å². The van der Waals surface area contributed by atoms with Crippen LogP contribution in [0.3, 0.4) is 0 Å². The van der Waals surface area contributed by atoms with Gasteiger partial charge in [0.05, 0.1) is 13.2 Å². The Morgan fingerprint density at radius 3 is 2.42 bits per heavy atom. The third-order valence-corrected chi connectivity index (χ3v) is 2.86. The molecule has 3 N–H and O–H groups in total. The molecule has 106 valence electrons. The molecule has 0 bridgehead atoms. The second kappa shape index (κ2) is 6.76. The highest BCUT2D eigenvalue weighted by atomic mass is 79.9. The maximum atomic E-state index is 12.6. The topological polar surface area (TPSA) is 67.8 Å². The molecular formula is C11H12BrF3N2O2. The second-order valence-electron chi connectivity index (χ2n) is 3.76. The van der Waals surface area contributed by atoms with Gasteiger partial charge in [0.1, 0.15) is 5.92 Å². The highest BCUT2D eigenvalue weighted by Crippen LogP contribution is 2.27. The Morgan fingerprint density at radius 1 is 1.37 bits per heavy atom. The van der Waals surface area contributed by atoms with Crippen LogP contribution < -0.4 is 5.73 Å². The summed E-state index contributed by atoms with van der Waals surface area (Å²) in [6.45, 7) is -0.686. The zero-order valence-electron chi connectivity index (χ0n) is 9.69. The summed E-state index contributed by atoms with van der Waals surface area (Å²) in [7, 11) is 0. The number of oxime groups is 1. The van der Waals surface area contributed by atoms with Gasteiger partial charge in [-0.3, -0.25) is 0 Å². The maximum absolute atomic E-state index is 12.6. The minimum Gasteiger partial charge on any atom is -0.409 e. The molecule has 0 aliphatic rings. The third kappa shape index (κ3) is 5.07. The van der Waals surface area contributed by atoms with Crippen LogP contribution in [0.5, 0.6) is 0 Å². The average molecular weight is 341 g/mol. The number of benzene rings is 1. The van der Waals surface area contributed by atoms with Crippen LogP contribution in [0.15, 0.2) is 33.9 Å². The van der Waals surface area contributed by atoms with Crippen molar-refractivity contribution in [2.75, 3.05) is 6.61 Å². The first-order valence-corrected chi connectivity index (χ1v) is 6.00. The van der Waals surface area contributed by atoms with E-state index < -0.39 is 24.5 Å². The lowest BCUT2D eigenvalue weighted by atomic mass is 10.1. The molecule has 1 atom stereocenters. The second-order valence-corrected chi connectivity index (χ2v) is 4.68. The minimum absolute atomic E-state index is 0.0125. The van der Waals surface area contributed by atoms with Crippen LogP contribution in [0.1, 0.15) is 5.56 Å². The van der Waals surface area contributed by atoms with Gasteiger partial charge in [-0.25, -0.2) is 0 Å². The Balaban J connectivity index is 2.56. The van der Waals surface area contributed by atoms with Gasteiger partial charge < -0.3 is 15.7 Å². The molecule has 1 aromatic rings. The molecule has 1 rings (SSSR count). The number of amidine groups is 1. The van der Waals surface area contributed by atoms with Crippen molar-refractivity contribution in [3.63, 3.8) is 0 Å². The highest BCUT2D eigenvalue weighted by Gasteiger charge is 2.43. The van der Waals surface area contributed by atoms with Crippen molar-refractivity contribution in [3.8, 4) is 0 Å². The molecule has 0 heterocycles. The van der Waals surface area contributed by atoms with E-state index in [0.29, 0.717) is 0 Å². The fourth-order valence-electron chi connectivity index (χ4n) is 1.29. The number of halogens is 4. The Morgan fingerprint density at radius 2 is 1.95 bits per heavy atom. The summed E-state index contributed by atoms with van der Waals surface area (Å²) in [4.78, 5) is 0. The first kappa shape index (κ1) is 15.8. The fourth-order valence-corrected chi connectivity index (χ4v) is 1.56. The molecule has 0 fully saturated rings. The van der Waals surface area contributed by atoms with E-state index in [1.165, 1.54) is 0 Å². The van der Waals surface area contributed by atoms with Crippen LogP contribution in [0.4, 0.5) is 13.2 Å². The van der Waals surface area contributed by atoms with Crippen LogP contribution >= 0.6 is 15.9 Å². The van der Waals surface area contributed by atoms with Crippen LogP contribution in [0.25, 0.3) is 0 Å². The van der Waals surface area contributed by atoms with Gasteiger partial charge >= 0.3 is 6.18 Å². The first-order chi connectivity index (χ1) is 8.84. The van der Waals surface area contributed by atoms with E-state index in [2.05, 4.69) is 21.1 Å². The van der Waals surface area contributed by atoms with Crippen LogP contribution in [0.2, 0.25) is 0 Å². The summed E-state index contributed by atoms with van der Waals surface area (Å²) in [5, 5.41) is 10.7. The van der Waals surface area contributed by atoms with Crippen molar-refractivity contribution in [1.82, 2.24) is 0 Å². The zero-order chi connectivity index (χ0) is 14.5. The highest BCUT2D eigenvalue weighted by molar-refractivity contribution is 9.10. The van der Waals surface area contributed by atoms with E-state index in [0.717, 1.165) is 10.0 Å². The standard InChI is InChI=1S/C11H12BrF3N2O2/c12-8-3-1-7(2-4-8)5-19-6-9(10(16)17-18)11(13,14)15/h1-4,9,18H,5-6H2,(H2,16,17). The summed E-state index contributed by atoms with van der Waals surface area (Å²) in [5.41, 5.74) is 5.72. The Hall–Kier alpha value is -1.28. The third-order valence-electron chi connectivity index (χ3n) is 2.33. The summed E-state index contributed by atoms with van der Waals surface area (Å²) < 4.78 is 43.6. The Labute approximate surface area is 116 Å². The van der Waals surface area contributed by atoms with E-state index in [-0.39, 0.29) is 6.61 Å². The van der Waals surface area contributed by atoms with Gasteiger partial charge in [-0.2, -0.15) is 13.2 Å². The molecule has 4 nitrogen and oxygen atoms in total. The number of hydrogen-bond acceptors (Lipinski definition) is 3. The number of hydrogen-bond donors (Lipinski definition) is 2. The molecule has 0 saturated carbocycles. The monoisotopic (exact) mass is 340 g/mol. The maximum Gasteiger partial charge on any atom is 0.401 e. The average Bonchev–Trinajstić information content (AvgIpc) is 2.34. The van der Waals surface area contributed by atoms with Crippen molar-refractivity contribution in [2.45, 2.75) is 12.8 Å². The van der Waals surface area contributed by atoms with Crippen molar-refractivity contribution in [3.05, 3.63) is 34.3 Å². The van der Waals surface area contributed by atoms with Crippen molar-refractivity contribution in [1.29, 1.82) is 0 Å². The summed E-state index contributed by atoms with van der Waals surface area (Å²) in [5.74, 6) is -3.03. The molecular weight excluding hydrogens is 329 g/mol. The molecule has 0 saturated heterocycles. The lowest BCUT2D eigenvalue weighted by molar-refractivity contribution is -0.169. The molecule has 1 aromatic carbocycles. The molecule has 0 amide bonds. The fraction of sp³-hybridized carbons (Fsp3) is 0.364. The lowest BCUT2D eigenvalue weighted by Gasteiger charge is -2.18. The molecule has 0 aliphatic carbocycles. The van der Waals surface area contributed by atoms with Crippen molar-refractivity contribution in [2.24, 2.45) is 16.8 Å². The van der Waals surface area contributed by atoms with Gasteiger partial charge in [0.2, 0.25) is 0 Å². The number of nitrogens with two attached hydrogens (primary N) is 1. The van der Waals surface area contributed by atoms with Gasteiger partial charge in [0.25, 0.3) is 0 Å². The van der Waals surface area contributed by atoms with Crippen molar-refractivity contribution < 1.29 is 23.1 Å². The smallest absolute Gasteiger partial charge is 0.401 e. The minimum atomic E-state index is -4.62. The van der Waals surface area contributed by atoms with Crippen LogP contribution in [0, 0.1) is 5.92 Å². The molecule has 0 aromatic heterocycles. The summed E-state index contributed by atoms with van der Waals surface area (Å²) in [6.07, 6.45) is -4.62. The van der Waals surface area contributed by atoms with Gasteiger partial charge in [-0.05, 0) is 17.7 Å². The molecule has 0 radical (unpaired) electrons.